The summed E-state index contributed by atoms with van der Waals surface area (Å²) >= 11 is 0. The number of carbonyl (C=O) groups is 1. The Morgan fingerprint density at radius 2 is 1.84 bits per heavy atom. The fraction of sp³-hybridized carbons (Fsp3) is 0.533. The molecule has 19 heavy (non-hydrogen) atoms. The first-order chi connectivity index (χ1) is 9.20. The molecule has 1 saturated heterocycles. The van der Waals surface area contributed by atoms with Gasteiger partial charge in [0, 0.05) is 32.7 Å². The lowest BCUT2D eigenvalue weighted by molar-refractivity contribution is -0.134. The van der Waals surface area contributed by atoms with E-state index in [1.807, 2.05) is 17.9 Å². The minimum absolute atomic E-state index is 0.0989. The van der Waals surface area contributed by atoms with Crippen molar-refractivity contribution in [3.05, 3.63) is 35.9 Å². The summed E-state index contributed by atoms with van der Waals surface area (Å²) in [6, 6.07) is 10.1. The highest BCUT2D eigenvalue weighted by atomic mass is 16.2. The summed E-state index contributed by atoms with van der Waals surface area (Å²) in [5.74, 6) is 0.0989. The van der Waals surface area contributed by atoms with Crippen LogP contribution in [-0.2, 0) is 11.3 Å². The van der Waals surface area contributed by atoms with Gasteiger partial charge in [-0.1, -0.05) is 37.3 Å². The van der Waals surface area contributed by atoms with Crippen LogP contribution in [0.1, 0.15) is 18.9 Å². The second-order valence-corrected chi connectivity index (χ2v) is 5.10. The molecule has 0 radical (unpaired) electrons. The van der Waals surface area contributed by atoms with E-state index in [4.69, 9.17) is 5.73 Å². The van der Waals surface area contributed by atoms with E-state index in [-0.39, 0.29) is 11.9 Å². The van der Waals surface area contributed by atoms with Crippen LogP contribution in [0, 0.1) is 0 Å². The molecule has 4 heteroatoms. The summed E-state index contributed by atoms with van der Waals surface area (Å²) in [5.41, 5.74) is 7.13. The molecular formula is C15H23N3O. The van der Waals surface area contributed by atoms with Crippen molar-refractivity contribution in [2.75, 3.05) is 26.2 Å². The molecule has 0 spiro atoms. The number of nitrogens with two attached hydrogens (primary N) is 1. The van der Waals surface area contributed by atoms with Crippen LogP contribution in [0.2, 0.25) is 0 Å². The molecule has 1 aliphatic rings. The molecule has 1 aromatic rings. The maximum Gasteiger partial charge on any atom is 0.239 e. The third kappa shape index (κ3) is 3.78. The average molecular weight is 261 g/mol. The van der Waals surface area contributed by atoms with Crippen LogP contribution < -0.4 is 5.73 Å². The number of piperazine rings is 1. The topological polar surface area (TPSA) is 49.6 Å². The first kappa shape index (κ1) is 14.0. The van der Waals surface area contributed by atoms with E-state index in [1.165, 1.54) is 5.56 Å². The third-order valence-electron chi connectivity index (χ3n) is 3.69. The molecule has 2 N–H and O–H groups in total. The van der Waals surface area contributed by atoms with Crippen LogP contribution in [-0.4, -0.2) is 47.9 Å². The van der Waals surface area contributed by atoms with E-state index in [2.05, 4.69) is 29.2 Å². The predicted octanol–water partition coefficient (Wildman–Crippen LogP) is 1.07. The molecule has 4 nitrogen and oxygen atoms in total. The number of hydrogen-bond acceptors (Lipinski definition) is 3. The van der Waals surface area contributed by atoms with Gasteiger partial charge < -0.3 is 10.6 Å². The number of rotatable bonds is 4. The summed E-state index contributed by atoms with van der Waals surface area (Å²) < 4.78 is 0. The standard InChI is InChI=1S/C15H23N3O/c1-2-14(16)15(19)18-10-8-17(9-11-18)12-13-6-4-3-5-7-13/h3-7,14H,2,8-12,16H2,1H3/t14-/m1/s1. The maximum atomic E-state index is 12.0. The van der Waals surface area contributed by atoms with E-state index in [1.54, 1.807) is 0 Å². The first-order valence-corrected chi connectivity index (χ1v) is 7.01. The van der Waals surface area contributed by atoms with Crippen molar-refractivity contribution >= 4 is 5.91 Å². The van der Waals surface area contributed by atoms with Crippen LogP contribution in [0.5, 0.6) is 0 Å². The van der Waals surface area contributed by atoms with Gasteiger partial charge in [-0.2, -0.15) is 0 Å². The quantitative estimate of drug-likeness (QED) is 0.882. The summed E-state index contributed by atoms with van der Waals surface area (Å²) in [4.78, 5) is 16.3. The Balaban J connectivity index is 1.81. The molecule has 1 amide bonds. The molecule has 0 bridgehead atoms. The van der Waals surface area contributed by atoms with E-state index in [0.717, 1.165) is 32.7 Å². The van der Waals surface area contributed by atoms with Gasteiger partial charge in [-0.25, -0.2) is 0 Å². The Bertz CT molecular complexity index is 399. The van der Waals surface area contributed by atoms with Crippen molar-refractivity contribution in [1.82, 2.24) is 9.80 Å². The van der Waals surface area contributed by atoms with Gasteiger partial charge in [0.15, 0.2) is 0 Å². The van der Waals surface area contributed by atoms with Gasteiger partial charge in [0.25, 0.3) is 0 Å². The predicted molar refractivity (Wildman–Crippen MR) is 76.6 cm³/mol. The van der Waals surface area contributed by atoms with E-state index in [9.17, 15) is 4.79 Å². The molecule has 0 saturated carbocycles. The second-order valence-electron chi connectivity index (χ2n) is 5.10. The molecule has 1 aliphatic heterocycles. The highest BCUT2D eigenvalue weighted by molar-refractivity contribution is 5.81. The van der Waals surface area contributed by atoms with Gasteiger partial charge >= 0.3 is 0 Å². The number of nitrogens with zero attached hydrogens (tertiary/aromatic N) is 2. The van der Waals surface area contributed by atoms with Crippen molar-refractivity contribution in [1.29, 1.82) is 0 Å². The SMILES string of the molecule is CC[C@@H](N)C(=O)N1CCN(Cc2ccccc2)CC1. The highest BCUT2D eigenvalue weighted by Gasteiger charge is 2.24. The minimum Gasteiger partial charge on any atom is -0.339 e. The van der Waals surface area contributed by atoms with E-state index >= 15 is 0 Å². The van der Waals surface area contributed by atoms with Crippen LogP contribution >= 0.6 is 0 Å². The lowest BCUT2D eigenvalue weighted by atomic mass is 10.1. The summed E-state index contributed by atoms with van der Waals surface area (Å²) in [7, 11) is 0. The van der Waals surface area contributed by atoms with E-state index < -0.39 is 0 Å². The van der Waals surface area contributed by atoms with Gasteiger partial charge in [0.05, 0.1) is 6.04 Å². The Morgan fingerprint density at radius 1 is 1.21 bits per heavy atom. The Labute approximate surface area is 115 Å². The zero-order valence-electron chi connectivity index (χ0n) is 11.6. The third-order valence-corrected chi connectivity index (χ3v) is 3.69. The van der Waals surface area contributed by atoms with Gasteiger partial charge in [-0.05, 0) is 12.0 Å². The van der Waals surface area contributed by atoms with E-state index in [0.29, 0.717) is 6.42 Å². The zero-order valence-corrected chi connectivity index (χ0v) is 11.6. The Hall–Kier alpha value is -1.39. The summed E-state index contributed by atoms with van der Waals surface area (Å²) in [6.07, 6.45) is 0.711. The molecule has 2 rings (SSSR count). The smallest absolute Gasteiger partial charge is 0.239 e. The number of hydrogen-bond donors (Lipinski definition) is 1. The van der Waals surface area contributed by atoms with Crippen LogP contribution in [0.25, 0.3) is 0 Å². The fourth-order valence-electron chi connectivity index (χ4n) is 2.38. The van der Waals surface area contributed by atoms with Crippen molar-refractivity contribution in [2.45, 2.75) is 25.9 Å². The molecule has 0 aliphatic carbocycles. The van der Waals surface area contributed by atoms with Crippen molar-refractivity contribution < 1.29 is 4.79 Å². The number of amides is 1. The monoisotopic (exact) mass is 261 g/mol. The molecular weight excluding hydrogens is 238 g/mol. The average Bonchev–Trinajstić information content (AvgIpc) is 2.47. The number of benzene rings is 1. The molecule has 1 atom stereocenters. The highest BCUT2D eigenvalue weighted by Crippen LogP contribution is 2.09. The van der Waals surface area contributed by atoms with Crippen LogP contribution in [0.4, 0.5) is 0 Å². The minimum atomic E-state index is -0.333. The Kier molecular flexibility index (Phi) is 4.93. The maximum absolute atomic E-state index is 12.0. The largest absolute Gasteiger partial charge is 0.339 e. The first-order valence-electron chi connectivity index (χ1n) is 7.01. The van der Waals surface area contributed by atoms with Crippen molar-refractivity contribution in [3.63, 3.8) is 0 Å². The molecule has 1 fully saturated rings. The molecule has 0 aromatic heterocycles. The second kappa shape index (κ2) is 6.68. The lowest BCUT2D eigenvalue weighted by Crippen LogP contribution is -2.52. The normalized spacial score (nSPS) is 18.3. The molecule has 104 valence electrons. The summed E-state index contributed by atoms with van der Waals surface area (Å²) in [6.45, 7) is 6.35. The summed E-state index contributed by atoms with van der Waals surface area (Å²) in [5, 5.41) is 0. The van der Waals surface area contributed by atoms with Crippen LogP contribution in [0.15, 0.2) is 30.3 Å². The van der Waals surface area contributed by atoms with Gasteiger partial charge in [-0.15, -0.1) is 0 Å². The lowest BCUT2D eigenvalue weighted by Gasteiger charge is -2.35. The van der Waals surface area contributed by atoms with Gasteiger partial charge in [0.2, 0.25) is 5.91 Å². The van der Waals surface area contributed by atoms with Gasteiger partial charge in [0.1, 0.15) is 0 Å². The Morgan fingerprint density at radius 3 is 2.42 bits per heavy atom. The molecule has 1 heterocycles. The molecule has 1 aromatic carbocycles. The number of carbonyl (C=O) groups excluding carboxylic acids is 1. The van der Waals surface area contributed by atoms with Gasteiger partial charge in [-0.3, -0.25) is 9.69 Å². The van der Waals surface area contributed by atoms with Crippen molar-refractivity contribution in [3.8, 4) is 0 Å². The molecule has 0 unspecified atom stereocenters. The van der Waals surface area contributed by atoms with Crippen molar-refractivity contribution in [2.24, 2.45) is 5.73 Å². The fourth-order valence-corrected chi connectivity index (χ4v) is 2.38. The zero-order chi connectivity index (χ0) is 13.7. The van der Waals surface area contributed by atoms with Crippen LogP contribution in [0.3, 0.4) is 0 Å².